The first-order chi connectivity index (χ1) is 13.9. The van der Waals surface area contributed by atoms with Crippen LogP contribution in [0.1, 0.15) is 11.1 Å². The number of pyridine rings is 1. The first-order valence-electron chi connectivity index (χ1n) is 8.89. The lowest BCUT2D eigenvalue weighted by molar-refractivity contribution is -0.113. The van der Waals surface area contributed by atoms with E-state index in [-0.39, 0.29) is 10.8 Å². The number of nitrogens with one attached hydrogen (secondary N) is 2. The van der Waals surface area contributed by atoms with Gasteiger partial charge >= 0.3 is 0 Å². The zero-order valence-corrected chi connectivity index (χ0v) is 17.5. The Hall–Kier alpha value is -2.84. The zero-order valence-electron chi connectivity index (χ0n) is 15.8. The van der Waals surface area contributed by atoms with Gasteiger partial charge in [0.15, 0.2) is 0 Å². The molecule has 2 N–H and O–H groups in total. The van der Waals surface area contributed by atoms with Gasteiger partial charge in [0, 0.05) is 17.6 Å². The lowest BCUT2D eigenvalue weighted by Crippen LogP contribution is -2.15. The summed E-state index contributed by atoms with van der Waals surface area (Å²) in [5.41, 5.74) is 3.35. The summed E-state index contributed by atoms with van der Waals surface area (Å²) >= 11 is 1.53. The van der Waals surface area contributed by atoms with E-state index in [1.165, 1.54) is 41.2 Å². The molecule has 2 aromatic carbocycles. The van der Waals surface area contributed by atoms with E-state index in [2.05, 4.69) is 34.1 Å². The molecule has 29 heavy (non-hydrogen) atoms. The number of benzene rings is 2. The van der Waals surface area contributed by atoms with Crippen LogP contribution in [0.25, 0.3) is 0 Å². The van der Waals surface area contributed by atoms with Gasteiger partial charge in [-0.3, -0.25) is 14.5 Å². The molecule has 1 aromatic heterocycles. The Kier molecular flexibility index (Phi) is 6.90. The predicted molar refractivity (Wildman–Crippen MR) is 117 cm³/mol. The summed E-state index contributed by atoms with van der Waals surface area (Å²) in [4.78, 5) is 16.1. The summed E-state index contributed by atoms with van der Waals surface area (Å²) in [6, 6.07) is 17.4. The van der Waals surface area contributed by atoms with Crippen molar-refractivity contribution in [2.45, 2.75) is 17.6 Å². The Morgan fingerprint density at radius 3 is 2.45 bits per heavy atom. The number of carbonyl (C=O) groups is 1. The topological polar surface area (TPSA) is 88.2 Å². The number of nitrogens with zero attached hydrogens (tertiary/aromatic N) is 1. The maximum atomic E-state index is 12.4. The summed E-state index contributed by atoms with van der Waals surface area (Å²) in [6.45, 7) is 2.05. The summed E-state index contributed by atoms with van der Waals surface area (Å²) in [7, 11) is -3.71. The normalized spacial score (nSPS) is 11.1. The highest BCUT2D eigenvalue weighted by Gasteiger charge is 2.14. The molecule has 6 nitrogen and oxygen atoms in total. The van der Waals surface area contributed by atoms with Gasteiger partial charge in [-0.1, -0.05) is 24.3 Å². The quantitative estimate of drug-likeness (QED) is 0.566. The van der Waals surface area contributed by atoms with Crippen molar-refractivity contribution in [1.82, 2.24) is 4.98 Å². The van der Waals surface area contributed by atoms with Crippen LogP contribution in [0, 0.1) is 6.92 Å². The number of rotatable bonds is 8. The second kappa shape index (κ2) is 9.58. The molecule has 0 radical (unpaired) electrons. The number of sulfonamides is 1. The number of anilines is 2. The summed E-state index contributed by atoms with van der Waals surface area (Å²) in [6.07, 6.45) is 3.00. The molecule has 3 rings (SSSR count). The van der Waals surface area contributed by atoms with Crippen molar-refractivity contribution in [2.75, 3.05) is 15.8 Å². The van der Waals surface area contributed by atoms with Crippen LogP contribution in [0.3, 0.4) is 0 Å². The summed E-state index contributed by atoms with van der Waals surface area (Å²) in [5.74, 6) is 0.946. The lowest BCUT2D eigenvalue weighted by atomic mass is 10.1. The molecule has 0 saturated heterocycles. The molecule has 3 aromatic rings. The number of hydrogen-bond acceptors (Lipinski definition) is 5. The van der Waals surface area contributed by atoms with E-state index in [1.807, 2.05) is 12.1 Å². The minimum atomic E-state index is -3.71. The molecule has 0 atom stereocenters. The van der Waals surface area contributed by atoms with E-state index in [0.717, 1.165) is 5.75 Å². The molecule has 1 amide bonds. The average molecular weight is 428 g/mol. The van der Waals surface area contributed by atoms with Gasteiger partial charge in [-0.2, -0.15) is 0 Å². The van der Waals surface area contributed by atoms with E-state index in [4.69, 9.17) is 0 Å². The van der Waals surface area contributed by atoms with Gasteiger partial charge in [0.2, 0.25) is 5.91 Å². The number of aryl methyl sites for hydroxylation is 1. The second-order valence-corrected chi connectivity index (χ2v) is 9.01. The Labute approximate surface area is 174 Å². The van der Waals surface area contributed by atoms with E-state index in [0.29, 0.717) is 17.1 Å². The Morgan fingerprint density at radius 1 is 1.00 bits per heavy atom. The standard InChI is InChI=1S/C21H21N3O3S2/c1-16-5-2-3-6-17(16)14-28-15-21(25)23-18-8-10-20(11-9-18)29(26,27)24-19-7-4-12-22-13-19/h2-13,24H,14-15H2,1H3,(H,23,25). The Balaban J connectivity index is 1.53. The fourth-order valence-electron chi connectivity index (χ4n) is 2.58. The first kappa shape index (κ1) is 20.9. The van der Waals surface area contributed by atoms with Gasteiger partial charge in [-0.15, -0.1) is 11.8 Å². The number of hydrogen-bond donors (Lipinski definition) is 2. The summed E-state index contributed by atoms with van der Waals surface area (Å²) in [5, 5.41) is 2.79. The van der Waals surface area contributed by atoms with Gasteiger partial charge in [-0.05, 0) is 54.4 Å². The second-order valence-electron chi connectivity index (χ2n) is 6.34. The third kappa shape index (κ3) is 6.07. The van der Waals surface area contributed by atoms with Crippen LogP contribution in [-0.2, 0) is 20.6 Å². The van der Waals surface area contributed by atoms with Crippen molar-refractivity contribution in [3.8, 4) is 0 Å². The van der Waals surface area contributed by atoms with E-state index in [1.54, 1.807) is 30.5 Å². The molecular weight excluding hydrogens is 406 g/mol. The third-order valence-corrected chi connectivity index (χ3v) is 6.49. The highest BCUT2D eigenvalue weighted by molar-refractivity contribution is 7.99. The van der Waals surface area contributed by atoms with Gasteiger partial charge < -0.3 is 5.32 Å². The maximum Gasteiger partial charge on any atom is 0.261 e. The SMILES string of the molecule is Cc1ccccc1CSCC(=O)Nc1ccc(S(=O)(=O)Nc2cccnc2)cc1. The van der Waals surface area contributed by atoms with Gasteiger partial charge in [-0.25, -0.2) is 8.42 Å². The Morgan fingerprint density at radius 2 is 1.76 bits per heavy atom. The smallest absolute Gasteiger partial charge is 0.261 e. The van der Waals surface area contributed by atoms with Crippen LogP contribution >= 0.6 is 11.8 Å². The van der Waals surface area contributed by atoms with Crippen LogP contribution in [-0.4, -0.2) is 25.1 Å². The van der Waals surface area contributed by atoms with Crippen molar-refractivity contribution in [3.63, 3.8) is 0 Å². The van der Waals surface area contributed by atoms with Crippen LogP contribution < -0.4 is 10.0 Å². The number of carbonyl (C=O) groups excluding carboxylic acids is 1. The van der Waals surface area contributed by atoms with Crippen LogP contribution in [0.4, 0.5) is 11.4 Å². The summed E-state index contributed by atoms with van der Waals surface area (Å²) < 4.78 is 27.3. The van der Waals surface area contributed by atoms with Gasteiger partial charge in [0.1, 0.15) is 0 Å². The molecular formula is C21H21N3O3S2. The lowest BCUT2D eigenvalue weighted by Gasteiger charge is -2.09. The first-order valence-corrected chi connectivity index (χ1v) is 11.5. The highest BCUT2D eigenvalue weighted by atomic mass is 32.2. The minimum Gasteiger partial charge on any atom is -0.325 e. The molecule has 0 spiro atoms. The molecule has 150 valence electrons. The van der Waals surface area contributed by atoms with Gasteiger partial charge in [0.25, 0.3) is 10.0 Å². The maximum absolute atomic E-state index is 12.4. The van der Waals surface area contributed by atoms with Crippen molar-refractivity contribution < 1.29 is 13.2 Å². The monoisotopic (exact) mass is 427 g/mol. The molecule has 0 aliphatic rings. The predicted octanol–water partition coefficient (Wildman–Crippen LogP) is 4.06. The number of amides is 1. The minimum absolute atomic E-state index is 0.105. The van der Waals surface area contributed by atoms with E-state index >= 15 is 0 Å². The van der Waals surface area contributed by atoms with E-state index < -0.39 is 10.0 Å². The number of thioether (sulfide) groups is 1. The molecule has 1 heterocycles. The van der Waals surface area contributed by atoms with Crippen molar-refractivity contribution in [3.05, 3.63) is 84.2 Å². The molecule has 0 aliphatic heterocycles. The molecule has 0 fully saturated rings. The fourth-order valence-corrected chi connectivity index (χ4v) is 4.52. The average Bonchev–Trinajstić information content (AvgIpc) is 2.70. The van der Waals surface area contributed by atoms with Gasteiger partial charge in [0.05, 0.1) is 22.5 Å². The fraction of sp³-hybridized carbons (Fsp3) is 0.143. The highest BCUT2D eigenvalue weighted by Crippen LogP contribution is 2.19. The third-order valence-electron chi connectivity index (χ3n) is 4.11. The van der Waals surface area contributed by atoms with Crippen LogP contribution in [0.5, 0.6) is 0 Å². The molecule has 8 heteroatoms. The van der Waals surface area contributed by atoms with Crippen molar-refractivity contribution in [1.29, 1.82) is 0 Å². The Bertz CT molecular complexity index is 1070. The van der Waals surface area contributed by atoms with Crippen LogP contribution in [0.2, 0.25) is 0 Å². The molecule has 0 unspecified atom stereocenters. The zero-order chi connectivity index (χ0) is 20.7. The molecule has 0 bridgehead atoms. The molecule has 0 saturated carbocycles. The largest absolute Gasteiger partial charge is 0.325 e. The van der Waals surface area contributed by atoms with Crippen molar-refractivity contribution >= 4 is 39.1 Å². The van der Waals surface area contributed by atoms with Crippen LogP contribution in [0.15, 0.2) is 78.0 Å². The van der Waals surface area contributed by atoms with Crippen molar-refractivity contribution in [2.24, 2.45) is 0 Å². The number of aromatic nitrogens is 1. The molecule has 0 aliphatic carbocycles. The van der Waals surface area contributed by atoms with E-state index in [9.17, 15) is 13.2 Å².